The lowest BCUT2D eigenvalue weighted by molar-refractivity contribution is -0.137. The van der Waals surface area contributed by atoms with Crippen molar-refractivity contribution in [3.8, 4) is 11.5 Å². The Balaban J connectivity index is 0.636. The minimum absolute atomic E-state index is 0.116. The summed E-state index contributed by atoms with van der Waals surface area (Å²) in [5, 5.41) is 11.4. The Labute approximate surface area is 401 Å². The van der Waals surface area contributed by atoms with Crippen molar-refractivity contribution in [1.29, 1.82) is 0 Å². The summed E-state index contributed by atoms with van der Waals surface area (Å²) in [4.78, 5) is 89.5. The number of ether oxygens (including phenoxy) is 1. The van der Waals surface area contributed by atoms with Gasteiger partial charge in [0.2, 0.25) is 29.5 Å². The topological polar surface area (TPSA) is 186 Å². The zero-order chi connectivity index (χ0) is 48.3. The van der Waals surface area contributed by atoms with E-state index < -0.39 is 35.0 Å². The van der Waals surface area contributed by atoms with E-state index in [0.29, 0.717) is 94.6 Å². The van der Waals surface area contributed by atoms with Crippen LogP contribution >= 0.6 is 0 Å². The average Bonchev–Trinajstić information content (AvgIpc) is 4.11. The van der Waals surface area contributed by atoms with Crippen LogP contribution in [0.3, 0.4) is 0 Å². The van der Waals surface area contributed by atoms with Gasteiger partial charge in [-0.3, -0.25) is 48.9 Å². The number of halogens is 2. The van der Waals surface area contributed by atoms with Gasteiger partial charge < -0.3 is 30.5 Å². The second kappa shape index (κ2) is 18.2. The molecule has 6 amide bonds. The third kappa shape index (κ3) is 8.92. The summed E-state index contributed by atoms with van der Waals surface area (Å²) in [5.41, 5.74) is 2.63. The van der Waals surface area contributed by atoms with Crippen molar-refractivity contribution in [2.24, 2.45) is 11.3 Å². The molecule has 4 aromatic carbocycles. The van der Waals surface area contributed by atoms with Crippen molar-refractivity contribution >= 4 is 69.1 Å². The monoisotopic (exact) mass is 951 g/mol. The number of fused-ring (bicyclic) bond motifs is 4. The Morgan fingerprint density at radius 2 is 1.49 bits per heavy atom. The lowest BCUT2D eigenvalue weighted by Gasteiger charge is -2.56. The summed E-state index contributed by atoms with van der Waals surface area (Å²) in [6.45, 7) is 4.68. The number of benzene rings is 4. The number of pyridine rings is 1. The van der Waals surface area contributed by atoms with Crippen molar-refractivity contribution < 1.29 is 42.3 Å². The van der Waals surface area contributed by atoms with E-state index in [0.717, 1.165) is 44.5 Å². The molecule has 1 saturated carbocycles. The van der Waals surface area contributed by atoms with Crippen LogP contribution in [0, 0.1) is 23.0 Å². The van der Waals surface area contributed by atoms with E-state index in [4.69, 9.17) is 4.74 Å². The maximum Gasteiger partial charge on any atom is 0.255 e. The molecule has 3 atom stereocenters. The van der Waals surface area contributed by atoms with E-state index in [1.165, 1.54) is 35.2 Å². The molecule has 2 bridgehead atoms. The zero-order valence-corrected chi connectivity index (χ0v) is 38.2. The maximum atomic E-state index is 15.9. The molecular weight excluding hydrogens is 901 g/mol. The molecule has 3 unspecified atom stereocenters. The molecule has 0 spiro atoms. The molecule has 4 N–H and O–H groups in total. The first-order valence-corrected chi connectivity index (χ1v) is 23.9. The number of nitrogens with zero attached hydrogens (tertiary/aromatic N) is 5. The highest BCUT2D eigenvalue weighted by Gasteiger charge is 2.56. The van der Waals surface area contributed by atoms with Crippen molar-refractivity contribution in [2.75, 3.05) is 60.1 Å². The van der Waals surface area contributed by atoms with E-state index >= 15 is 4.39 Å². The Bertz CT molecular complexity index is 2930. The van der Waals surface area contributed by atoms with Crippen molar-refractivity contribution in [1.82, 2.24) is 25.0 Å². The number of aromatic nitrogens is 1. The fourth-order valence-corrected chi connectivity index (χ4v) is 10.8. The van der Waals surface area contributed by atoms with E-state index in [2.05, 4.69) is 41.0 Å². The summed E-state index contributed by atoms with van der Waals surface area (Å²) >= 11 is 0. The number of anilines is 4. The number of carbonyl (C=O) groups is 6. The fraction of sp³-hybridized carbons (Fsp3) is 0.365. The minimum atomic E-state index is -1.20. The molecule has 70 heavy (non-hydrogen) atoms. The van der Waals surface area contributed by atoms with Crippen LogP contribution in [0.15, 0.2) is 91.1 Å². The summed E-state index contributed by atoms with van der Waals surface area (Å²) in [6, 6.07) is 22.1. The third-order valence-electron chi connectivity index (χ3n) is 14.9. The first-order valence-electron chi connectivity index (χ1n) is 23.9. The predicted octanol–water partition coefficient (Wildman–Crippen LogP) is 6.04. The van der Waals surface area contributed by atoms with Gasteiger partial charge in [0.05, 0.1) is 17.7 Å². The minimum Gasteiger partial charge on any atom is -0.457 e. The first-order chi connectivity index (χ1) is 33.8. The lowest BCUT2D eigenvalue weighted by atomic mass is 9.86. The molecule has 5 aromatic rings. The van der Waals surface area contributed by atoms with Crippen LogP contribution in [0.25, 0.3) is 10.9 Å². The number of piperidine rings is 3. The number of amides is 6. The summed E-state index contributed by atoms with van der Waals surface area (Å²) in [6.07, 6.45) is 5.80. The van der Waals surface area contributed by atoms with Gasteiger partial charge in [0, 0.05) is 92.0 Å². The molecule has 12 rings (SSSR count). The summed E-state index contributed by atoms with van der Waals surface area (Å²) in [7, 11) is 0. The number of imide groups is 1. The van der Waals surface area contributed by atoms with E-state index in [9.17, 15) is 33.2 Å². The van der Waals surface area contributed by atoms with Gasteiger partial charge in [0.1, 0.15) is 34.6 Å². The standard InChI is InChI=1S/C52H51F2N9O7/c53-32-1-3-33(4-2-32)57-50(68)52(16-17-52)51(69)58-34-5-8-38(9-6-34)70-45-13-18-55-42-24-44(41(54)23-40(42)45)61-19-14-30(15-20-61)25-60-27-36-22-37(28-60)62(36)29-47(65)56-35-7-10-39-31(21-35)26-63(49(39)67)43-11-12-46(64)59-48(43)66/h1-10,13,18,21,23-24,30,36-37,43H,11-12,14-17,19-20,22,25-29H2,(H,56,65)(H,57,68)(H,58,69)(H,59,64,66). The Morgan fingerprint density at radius 1 is 0.800 bits per heavy atom. The molecule has 16 nitrogen and oxygen atoms in total. The maximum absolute atomic E-state index is 15.9. The number of carbonyl (C=O) groups excluding carboxylic acids is 6. The second-order valence-corrected chi connectivity index (χ2v) is 19.4. The van der Waals surface area contributed by atoms with E-state index in [-0.39, 0.29) is 49.5 Å². The largest absolute Gasteiger partial charge is 0.457 e. The van der Waals surface area contributed by atoms with Crippen LogP contribution < -0.4 is 30.9 Å². The molecule has 1 aliphatic carbocycles. The van der Waals surface area contributed by atoms with Crippen LogP contribution in [-0.2, 0) is 30.5 Å². The average molecular weight is 952 g/mol. The normalized spacial score (nSPS) is 22.0. The van der Waals surface area contributed by atoms with Crippen LogP contribution in [-0.4, -0.2) is 113 Å². The SMILES string of the molecule is O=C1CCC(N2Cc3cc(NC(=O)CN4C5CC4CN(CC4CCN(c6cc7nccc(Oc8ccc(NC(=O)C9(C(=O)Nc%10ccc(F)cc%10)CC9)cc8)c7cc6F)CC4)C5)ccc3C2=O)C(=O)N1. The second-order valence-electron chi connectivity index (χ2n) is 19.4. The highest BCUT2D eigenvalue weighted by atomic mass is 19.1. The van der Waals surface area contributed by atoms with Gasteiger partial charge >= 0.3 is 0 Å². The number of nitrogens with one attached hydrogen (secondary N) is 4. The Kier molecular flexibility index (Phi) is 11.7. The number of piperazine rings is 1. The van der Waals surface area contributed by atoms with E-state index in [1.54, 1.807) is 60.8 Å². The summed E-state index contributed by atoms with van der Waals surface area (Å²) < 4.78 is 35.4. The molecule has 18 heteroatoms. The van der Waals surface area contributed by atoms with Crippen molar-refractivity contribution in [3.05, 3.63) is 114 Å². The quantitative estimate of drug-likeness (QED) is 0.0798. The van der Waals surface area contributed by atoms with E-state index in [1.807, 2.05) is 0 Å². The smallest absolute Gasteiger partial charge is 0.255 e. The molecule has 6 aliphatic heterocycles. The van der Waals surface area contributed by atoms with Gasteiger partial charge in [0.25, 0.3) is 5.91 Å². The van der Waals surface area contributed by atoms with Gasteiger partial charge in [-0.05, 0) is 135 Å². The highest BCUT2D eigenvalue weighted by molar-refractivity contribution is 6.17. The predicted molar refractivity (Wildman–Crippen MR) is 255 cm³/mol. The van der Waals surface area contributed by atoms with Gasteiger partial charge in [-0.1, -0.05) is 0 Å². The third-order valence-corrected chi connectivity index (χ3v) is 14.9. The molecule has 1 aromatic heterocycles. The highest BCUT2D eigenvalue weighted by Crippen LogP contribution is 2.48. The van der Waals surface area contributed by atoms with Crippen LogP contribution in [0.5, 0.6) is 11.5 Å². The van der Waals surface area contributed by atoms with Crippen LogP contribution in [0.4, 0.5) is 31.5 Å². The number of hydrogen-bond acceptors (Lipinski definition) is 11. The molecule has 7 heterocycles. The van der Waals surface area contributed by atoms with Gasteiger partial charge in [-0.25, -0.2) is 8.78 Å². The zero-order valence-electron chi connectivity index (χ0n) is 38.2. The first kappa shape index (κ1) is 45.2. The van der Waals surface area contributed by atoms with Crippen LogP contribution in [0.2, 0.25) is 0 Å². The Hall–Kier alpha value is -7.31. The molecule has 7 aliphatic rings. The molecule has 5 saturated heterocycles. The van der Waals surface area contributed by atoms with Crippen LogP contribution in [0.1, 0.15) is 60.9 Å². The lowest BCUT2D eigenvalue weighted by Crippen LogP contribution is -2.69. The van der Waals surface area contributed by atoms with Crippen molar-refractivity contribution in [2.45, 2.75) is 69.6 Å². The summed E-state index contributed by atoms with van der Waals surface area (Å²) in [5.74, 6) is -1.45. The van der Waals surface area contributed by atoms with Gasteiger partial charge in [-0.2, -0.15) is 0 Å². The van der Waals surface area contributed by atoms with Gasteiger partial charge in [-0.15, -0.1) is 0 Å². The molecule has 360 valence electrons. The fourth-order valence-electron chi connectivity index (χ4n) is 10.8. The molecule has 6 fully saturated rings. The van der Waals surface area contributed by atoms with Crippen molar-refractivity contribution in [3.63, 3.8) is 0 Å². The number of hydrogen-bond donors (Lipinski definition) is 4. The Morgan fingerprint density at radius 3 is 2.17 bits per heavy atom. The number of rotatable bonds is 13. The molecule has 0 radical (unpaired) electrons. The van der Waals surface area contributed by atoms with Gasteiger partial charge in [0.15, 0.2) is 0 Å². The molecular formula is C52H51F2N9O7.